The number of hydrogen-bond donors (Lipinski definition) is 0. The number of hydrogen-bond acceptors (Lipinski definition) is 4. The Morgan fingerprint density at radius 2 is 2.20 bits per heavy atom. The van der Waals surface area contributed by atoms with Crippen LogP contribution < -0.4 is 0 Å². The van der Waals surface area contributed by atoms with E-state index in [1.165, 1.54) is 0 Å². The summed E-state index contributed by atoms with van der Waals surface area (Å²) in [5.41, 5.74) is -0.135. The van der Waals surface area contributed by atoms with Crippen LogP contribution in [0.5, 0.6) is 0 Å². The zero-order valence-electron chi connectivity index (χ0n) is 11.3. The summed E-state index contributed by atoms with van der Waals surface area (Å²) in [6.45, 7) is 5.53. The number of rotatable bonds is 2. The maximum Gasteiger partial charge on any atom is 0.346 e. The Morgan fingerprint density at radius 1 is 1.45 bits per heavy atom. The molecule has 2 fully saturated rings. The van der Waals surface area contributed by atoms with Crippen molar-refractivity contribution in [2.24, 2.45) is 0 Å². The van der Waals surface area contributed by atoms with Gasteiger partial charge in [0.1, 0.15) is 6.33 Å². The molecule has 2 aliphatic rings. The van der Waals surface area contributed by atoms with E-state index in [0.717, 1.165) is 43.5 Å². The van der Waals surface area contributed by atoms with Crippen molar-refractivity contribution < 1.29 is 13.6 Å². The number of carbonyl (C=O) groups is 1. The lowest BCUT2D eigenvalue weighted by Crippen LogP contribution is -2.64. The molecule has 1 aromatic rings. The van der Waals surface area contributed by atoms with Gasteiger partial charge < -0.3 is 9.80 Å². The van der Waals surface area contributed by atoms with Gasteiger partial charge in [0.05, 0.1) is 5.54 Å². The molecule has 1 atom stereocenters. The summed E-state index contributed by atoms with van der Waals surface area (Å²) in [6.07, 6.45) is 0.216. The van der Waals surface area contributed by atoms with E-state index < -0.39 is 12.2 Å². The fourth-order valence-corrected chi connectivity index (χ4v) is 3.06. The van der Waals surface area contributed by atoms with Gasteiger partial charge in [-0.2, -0.15) is 4.68 Å². The minimum atomic E-state index is -2.75. The summed E-state index contributed by atoms with van der Waals surface area (Å²) >= 11 is 0. The lowest BCUT2D eigenvalue weighted by molar-refractivity contribution is 0.0302. The largest absolute Gasteiger partial charge is 0.346 e. The number of likely N-dealkylation sites (tertiary alicyclic amines) is 2. The van der Waals surface area contributed by atoms with E-state index in [-0.39, 0.29) is 11.6 Å². The maximum absolute atomic E-state index is 12.5. The van der Waals surface area contributed by atoms with Crippen LogP contribution in [-0.2, 0) is 0 Å². The Bertz CT molecular complexity index is 520. The fraction of sp³-hybridized carbons (Fsp3) is 0.750. The van der Waals surface area contributed by atoms with Crippen LogP contribution in [0, 0.1) is 0 Å². The Kier molecular flexibility index (Phi) is 3.19. The second-order valence-electron chi connectivity index (χ2n) is 5.38. The molecule has 3 rings (SSSR count). The first kappa shape index (κ1) is 13.4. The molecule has 20 heavy (non-hydrogen) atoms. The van der Waals surface area contributed by atoms with Gasteiger partial charge in [-0.25, -0.2) is 18.6 Å². The zero-order valence-corrected chi connectivity index (χ0v) is 11.3. The van der Waals surface area contributed by atoms with E-state index in [0.29, 0.717) is 6.54 Å². The van der Waals surface area contributed by atoms with E-state index in [4.69, 9.17) is 0 Å². The molecule has 0 saturated carbocycles. The molecule has 1 amide bonds. The normalized spacial score (nSPS) is 26.5. The molecule has 2 saturated heterocycles. The van der Waals surface area contributed by atoms with Crippen molar-refractivity contribution in [2.45, 2.75) is 31.7 Å². The highest BCUT2D eigenvalue weighted by Gasteiger charge is 2.51. The van der Waals surface area contributed by atoms with Gasteiger partial charge in [-0.1, -0.05) is 6.92 Å². The summed E-state index contributed by atoms with van der Waals surface area (Å²) in [5, 5.41) is 3.56. The predicted molar refractivity (Wildman–Crippen MR) is 66.6 cm³/mol. The monoisotopic (exact) mass is 285 g/mol. The first-order valence-corrected chi connectivity index (χ1v) is 6.80. The van der Waals surface area contributed by atoms with Crippen LogP contribution in [0.2, 0.25) is 0 Å². The molecule has 3 heterocycles. The van der Waals surface area contributed by atoms with Crippen LogP contribution in [0.15, 0.2) is 6.33 Å². The summed E-state index contributed by atoms with van der Waals surface area (Å²) in [7, 11) is 0. The Morgan fingerprint density at radius 3 is 2.70 bits per heavy atom. The number of nitrogens with zero attached hydrogens (tertiary/aromatic N) is 5. The zero-order chi connectivity index (χ0) is 14.3. The molecule has 8 heteroatoms. The summed E-state index contributed by atoms with van der Waals surface area (Å²) in [5.74, 6) is -0.602. The van der Waals surface area contributed by atoms with Crippen molar-refractivity contribution in [2.75, 3.05) is 26.2 Å². The highest BCUT2D eigenvalue weighted by molar-refractivity contribution is 5.77. The van der Waals surface area contributed by atoms with Gasteiger partial charge in [0.25, 0.3) is 6.43 Å². The van der Waals surface area contributed by atoms with Crippen molar-refractivity contribution in [3.8, 4) is 0 Å². The molecule has 6 nitrogen and oxygen atoms in total. The third kappa shape index (κ3) is 1.98. The highest BCUT2D eigenvalue weighted by Crippen LogP contribution is 2.39. The molecule has 0 bridgehead atoms. The SMILES string of the molecule is CCN1CCC2(CCN2C(=O)n2cnc(C(F)F)n2)C1. The average Bonchev–Trinajstić information content (AvgIpc) is 3.05. The number of carbonyl (C=O) groups excluding carboxylic acids is 1. The Labute approximate surface area is 115 Å². The molecule has 1 aromatic heterocycles. The molecule has 1 unspecified atom stereocenters. The van der Waals surface area contributed by atoms with Gasteiger partial charge in [0, 0.05) is 19.6 Å². The van der Waals surface area contributed by atoms with Crippen molar-refractivity contribution >= 4 is 6.03 Å². The minimum absolute atomic E-state index is 0.135. The number of aromatic nitrogens is 3. The lowest BCUT2D eigenvalue weighted by atomic mass is 9.84. The van der Waals surface area contributed by atoms with E-state index >= 15 is 0 Å². The van der Waals surface area contributed by atoms with Crippen molar-refractivity contribution in [3.05, 3.63) is 12.2 Å². The van der Waals surface area contributed by atoms with Gasteiger partial charge in [0.2, 0.25) is 5.82 Å². The smallest absolute Gasteiger partial charge is 0.316 e. The average molecular weight is 285 g/mol. The second kappa shape index (κ2) is 4.76. The first-order valence-electron chi connectivity index (χ1n) is 6.80. The number of amides is 1. The van der Waals surface area contributed by atoms with Crippen LogP contribution in [0.3, 0.4) is 0 Å². The predicted octanol–water partition coefficient (Wildman–Crippen LogP) is 1.35. The number of alkyl halides is 2. The number of likely N-dealkylation sites (N-methyl/N-ethyl adjacent to an activating group) is 1. The first-order chi connectivity index (χ1) is 9.55. The quantitative estimate of drug-likeness (QED) is 0.823. The molecule has 0 aliphatic carbocycles. The van der Waals surface area contributed by atoms with Crippen LogP contribution in [-0.4, -0.2) is 62.3 Å². The second-order valence-corrected chi connectivity index (χ2v) is 5.38. The molecule has 0 radical (unpaired) electrons. The highest BCUT2D eigenvalue weighted by atomic mass is 19.3. The molecule has 110 valence electrons. The molecule has 0 N–H and O–H groups in total. The fourth-order valence-electron chi connectivity index (χ4n) is 3.06. The van der Waals surface area contributed by atoms with Gasteiger partial charge in [-0.3, -0.25) is 0 Å². The molecule has 1 spiro atoms. The molecule has 2 aliphatic heterocycles. The molecule has 0 aromatic carbocycles. The minimum Gasteiger partial charge on any atom is -0.316 e. The van der Waals surface area contributed by atoms with Gasteiger partial charge >= 0.3 is 6.03 Å². The maximum atomic E-state index is 12.5. The Balaban J connectivity index is 1.74. The third-order valence-corrected chi connectivity index (χ3v) is 4.36. The Hall–Kier alpha value is -1.57. The topological polar surface area (TPSA) is 54.3 Å². The summed E-state index contributed by atoms with van der Waals surface area (Å²) < 4.78 is 25.9. The van der Waals surface area contributed by atoms with E-state index in [1.807, 2.05) is 0 Å². The lowest BCUT2D eigenvalue weighted by Gasteiger charge is -2.50. The number of halogens is 2. The van der Waals surface area contributed by atoms with Crippen LogP contribution in [0.4, 0.5) is 13.6 Å². The van der Waals surface area contributed by atoms with Gasteiger partial charge in [0.15, 0.2) is 0 Å². The molecular weight excluding hydrogens is 268 g/mol. The van der Waals surface area contributed by atoms with Crippen molar-refractivity contribution in [3.63, 3.8) is 0 Å². The van der Waals surface area contributed by atoms with Crippen molar-refractivity contribution in [1.29, 1.82) is 0 Å². The van der Waals surface area contributed by atoms with E-state index in [9.17, 15) is 13.6 Å². The summed E-state index contributed by atoms with van der Waals surface area (Å²) in [6, 6.07) is -0.353. The van der Waals surface area contributed by atoms with E-state index in [1.54, 1.807) is 4.90 Å². The molecular formula is C12H17F2N5O. The van der Waals surface area contributed by atoms with Gasteiger partial charge in [-0.15, -0.1) is 5.10 Å². The van der Waals surface area contributed by atoms with Crippen molar-refractivity contribution in [1.82, 2.24) is 24.6 Å². The van der Waals surface area contributed by atoms with Crippen LogP contribution in [0.1, 0.15) is 32.0 Å². The standard InChI is InChI=1S/C12H17F2N5O/c1-2-17-5-3-12(7-17)4-6-18(12)11(20)19-8-15-10(16-19)9(13)14/h8-9H,2-7H2,1H3. The van der Waals surface area contributed by atoms with E-state index in [2.05, 4.69) is 21.9 Å². The van der Waals surface area contributed by atoms with Crippen LogP contribution in [0.25, 0.3) is 0 Å². The van der Waals surface area contributed by atoms with Gasteiger partial charge in [-0.05, 0) is 19.4 Å². The van der Waals surface area contributed by atoms with Crippen LogP contribution >= 0.6 is 0 Å². The summed E-state index contributed by atoms with van der Waals surface area (Å²) in [4.78, 5) is 19.8. The third-order valence-electron chi connectivity index (χ3n) is 4.36.